The molecule has 1 aromatic rings. The van der Waals surface area contributed by atoms with Crippen molar-refractivity contribution in [2.45, 2.75) is 55.7 Å². The molecule has 1 aromatic carbocycles. The lowest BCUT2D eigenvalue weighted by atomic mass is 10.1. The van der Waals surface area contributed by atoms with Crippen molar-refractivity contribution in [1.29, 1.82) is 0 Å². The van der Waals surface area contributed by atoms with Crippen molar-refractivity contribution in [3.8, 4) is 0 Å². The molecule has 0 aliphatic carbocycles. The van der Waals surface area contributed by atoms with E-state index in [-0.39, 0.29) is 11.9 Å². The first-order valence-electron chi connectivity index (χ1n) is 8.16. The number of halogens is 2. The van der Waals surface area contributed by atoms with E-state index < -0.39 is 5.76 Å². The summed E-state index contributed by atoms with van der Waals surface area (Å²) in [6.45, 7) is 3.84. The SMILES string of the molecule is C[C@@H](C(=O)Nc1ccc(SC(F)F)cc1)N1CCCCCCC1. The van der Waals surface area contributed by atoms with Crippen molar-refractivity contribution < 1.29 is 13.6 Å². The molecule has 1 aliphatic rings. The lowest BCUT2D eigenvalue weighted by Crippen LogP contribution is -2.43. The number of hydrogen-bond donors (Lipinski definition) is 1. The Bertz CT molecular complexity index is 488. The van der Waals surface area contributed by atoms with Gasteiger partial charge in [-0.3, -0.25) is 9.69 Å². The van der Waals surface area contributed by atoms with Crippen molar-refractivity contribution >= 4 is 23.4 Å². The smallest absolute Gasteiger partial charge is 0.288 e. The number of nitrogens with zero attached hydrogens (tertiary/aromatic N) is 1. The van der Waals surface area contributed by atoms with E-state index >= 15 is 0 Å². The Hall–Kier alpha value is -1.14. The highest BCUT2D eigenvalue weighted by Gasteiger charge is 2.21. The first kappa shape index (κ1) is 18.2. The zero-order valence-corrected chi connectivity index (χ0v) is 14.2. The molecule has 0 spiro atoms. The summed E-state index contributed by atoms with van der Waals surface area (Å²) in [5, 5.41) is 2.88. The van der Waals surface area contributed by atoms with Crippen molar-refractivity contribution in [3.63, 3.8) is 0 Å². The summed E-state index contributed by atoms with van der Waals surface area (Å²) in [5.41, 5.74) is 0.646. The summed E-state index contributed by atoms with van der Waals surface area (Å²) >= 11 is 0.505. The molecule has 0 unspecified atom stereocenters. The van der Waals surface area contributed by atoms with Crippen LogP contribution in [0, 0.1) is 0 Å². The Kier molecular flexibility index (Phi) is 7.30. The first-order chi connectivity index (χ1) is 11.1. The van der Waals surface area contributed by atoms with Gasteiger partial charge in [-0.25, -0.2) is 0 Å². The molecule has 1 aliphatic heterocycles. The number of thioether (sulfide) groups is 1. The van der Waals surface area contributed by atoms with Gasteiger partial charge in [0, 0.05) is 10.6 Å². The van der Waals surface area contributed by atoms with Crippen LogP contribution in [-0.2, 0) is 4.79 Å². The van der Waals surface area contributed by atoms with E-state index in [0.29, 0.717) is 22.3 Å². The molecule has 2 rings (SSSR count). The lowest BCUT2D eigenvalue weighted by molar-refractivity contribution is -0.120. The molecule has 128 valence electrons. The van der Waals surface area contributed by atoms with Gasteiger partial charge >= 0.3 is 0 Å². The van der Waals surface area contributed by atoms with Gasteiger partial charge in [-0.2, -0.15) is 8.78 Å². The fraction of sp³-hybridized carbons (Fsp3) is 0.588. The van der Waals surface area contributed by atoms with Crippen LogP contribution in [0.1, 0.15) is 39.0 Å². The number of carbonyl (C=O) groups is 1. The number of amides is 1. The number of carbonyl (C=O) groups excluding carboxylic acids is 1. The van der Waals surface area contributed by atoms with Gasteiger partial charge in [-0.1, -0.05) is 31.0 Å². The Morgan fingerprint density at radius 2 is 1.65 bits per heavy atom. The molecule has 1 fully saturated rings. The van der Waals surface area contributed by atoms with E-state index in [2.05, 4.69) is 10.2 Å². The molecule has 1 heterocycles. The van der Waals surface area contributed by atoms with E-state index in [9.17, 15) is 13.6 Å². The Labute approximate surface area is 140 Å². The predicted octanol–water partition coefficient (Wildman–Crippen LogP) is 4.59. The highest BCUT2D eigenvalue weighted by Crippen LogP contribution is 2.26. The second-order valence-electron chi connectivity index (χ2n) is 5.87. The van der Waals surface area contributed by atoms with Gasteiger partial charge in [-0.15, -0.1) is 0 Å². The summed E-state index contributed by atoms with van der Waals surface area (Å²) in [6.07, 6.45) is 6.02. The summed E-state index contributed by atoms with van der Waals surface area (Å²) in [4.78, 5) is 15.1. The van der Waals surface area contributed by atoms with Gasteiger partial charge in [0.25, 0.3) is 5.76 Å². The van der Waals surface area contributed by atoms with Gasteiger partial charge in [0.15, 0.2) is 0 Å². The molecule has 6 heteroatoms. The Morgan fingerprint density at radius 3 is 2.22 bits per heavy atom. The van der Waals surface area contributed by atoms with Crippen LogP contribution in [0.15, 0.2) is 29.2 Å². The van der Waals surface area contributed by atoms with Crippen LogP contribution < -0.4 is 5.32 Å². The number of rotatable bonds is 5. The Morgan fingerprint density at radius 1 is 1.09 bits per heavy atom. The summed E-state index contributed by atoms with van der Waals surface area (Å²) in [5.74, 6) is -2.47. The molecular weight excluding hydrogens is 318 g/mol. The molecule has 1 N–H and O–H groups in total. The summed E-state index contributed by atoms with van der Waals surface area (Å²) < 4.78 is 24.6. The van der Waals surface area contributed by atoms with Crippen molar-refractivity contribution in [3.05, 3.63) is 24.3 Å². The molecule has 1 amide bonds. The van der Waals surface area contributed by atoms with Crippen molar-refractivity contribution in [1.82, 2.24) is 4.90 Å². The number of nitrogens with one attached hydrogen (secondary N) is 1. The third-order valence-corrected chi connectivity index (χ3v) is 4.89. The normalized spacial score (nSPS) is 18.3. The van der Waals surface area contributed by atoms with E-state index in [1.54, 1.807) is 24.3 Å². The van der Waals surface area contributed by atoms with Gasteiger partial charge in [0.2, 0.25) is 5.91 Å². The third kappa shape index (κ3) is 6.11. The van der Waals surface area contributed by atoms with Crippen molar-refractivity contribution in [2.75, 3.05) is 18.4 Å². The summed E-state index contributed by atoms with van der Waals surface area (Å²) in [7, 11) is 0. The molecule has 1 atom stereocenters. The van der Waals surface area contributed by atoms with Gasteiger partial charge in [-0.05, 0) is 57.1 Å². The standard InChI is InChI=1S/C17H24F2N2OS/c1-13(21-11-5-3-2-4-6-12-21)16(22)20-14-7-9-15(10-8-14)23-17(18)19/h7-10,13,17H,2-6,11-12H2,1H3,(H,20,22)/t13-/m0/s1. The minimum Gasteiger partial charge on any atom is -0.325 e. The maximum atomic E-state index is 12.4. The second-order valence-corrected chi connectivity index (χ2v) is 6.94. The lowest BCUT2D eigenvalue weighted by Gasteiger charge is -2.29. The van der Waals surface area contributed by atoms with Gasteiger partial charge in [0.05, 0.1) is 6.04 Å². The molecule has 0 saturated carbocycles. The Balaban J connectivity index is 1.89. The zero-order valence-electron chi connectivity index (χ0n) is 13.4. The molecule has 3 nitrogen and oxygen atoms in total. The third-order valence-electron chi connectivity index (χ3n) is 4.16. The predicted molar refractivity (Wildman–Crippen MR) is 91.1 cm³/mol. The quantitative estimate of drug-likeness (QED) is 0.794. The largest absolute Gasteiger partial charge is 0.325 e. The average molecular weight is 342 g/mol. The number of benzene rings is 1. The van der Waals surface area contributed by atoms with Crippen LogP contribution >= 0.6 is 11.8 Å². The minimum atomic E-state index is -2.43. The highest BCUT2D eigenvalue weighted by atomic mass is 32.2. The minimum absolute atomic E-state index is 0.0418. The number of hydrogen-bond acceptors (Lipinski definition) is 3. The van der Waals surface area contributed by atoms with Crippen LogP contribution in [0.2, 0.25) is 0 Å². The van der Waals surface area contributed by atoms with E-state index in [0.717, 1.165) is 25.9 Å². The number of alkyl halides is 2. The van der Waals surface area contributed by atoms with Crippen LogP contribution in [0.25, 0.3) is 0 Å². The molecule has 0 bridgehead atoms. The molecule has 0 aromatic heterocycles. The first-order valence-corrected chi connectivity index (χ1v) is 9.04. The van der Waals surface area contributed by atoms with Crippen LogP contribution in [0.5, 0.6) is 0 Å². The molecule has 23 heavy (non-hydrogen) atoms. The van der Waals surface area contributed by atoms with Crippen LogP contribution in [0.4, 0.5) is 14.5 Å². The van der Waals surface area contributed by atoms with Crippen LogP contribution in [0.3, 0.4) is 0 Å². The zero-order chi connectivity index (χ0) is 16.7. The van der Waals surface area contributed by atoms with Gasteiger partial charge < -0.3 is 5.32 Å². The van der Waals surface area contributed by atoms with E-state index in [4.69, 9.17) is 0 Å². The highest BCUT2D eigenvalue weighted by molar-refractivity contribution is 7.99. The summed E-state index contributed by atoms with van der Waals surface area (Å²) in [6, 6.07) is 6.37. The van der Waals surface area contributed by atoms with Crippen LogP contribution in [-0.4, -0.2) is 35.7 Å². The van der Waals surface area contributed by atoms with Gasteiger partial charge in [0.1, 0.15) is 0 Å². The molecule has 1 saturated heterocycles. The maximum Gasteiger partial charge on any atom is 0.288 e. The second kappa shape index (κ2) is 9.23. The van der Waals surface area contributed by atoms with E-state index in [1.807, 2.05) is 6.92 Å². The molecular formula is C17H24F2N2OS. The topological polar surface area (TPSA) is 32.3 Å². The van der Waals surface area contributed by atoms with Crippen molar-refractivity contribution in [2.24, 2.45) is 0 Å². The number of likely N-dealkylation sites (tertiary alicyclic amines) is 1. The fourth-order valence-corrected chi connectivity index (χ4v) is 3.29. The monoisotopic (exact) mass is 342 g/mol. The number of anilines is 1. The average Bonchev–Trinajstić information content (AvgIpc) is 2.48. The van der Waals surface area contributed by atoms with E-state index in [1.165, 1.54) is 19.3 Å². The molecule has 0 radical (unpaired) electrons. The maximum absolute atomic E-state index is 12.4. The fourth-order valence-electron chi connectivity index (χ4n) is 2.79.